The number of hydrogen-bond donors (Lipinski definition) is 2. The molecular weight excluding hydrogens is 494 g/mol. The van der Waals surface area contributed by atoms with Crippen LogP contribution in [0.15, 0.2) is 60.8 Å². The summed E-state index contributed by atoms with van der Waals surface area (Å²) in [6, 6.07) is 12.0. The molecule has 4 rings (SSSR count). The maximum atomic E-state index is 12.3. The molecule has 1 aromatic heterocycles. The van der Waals surface area contributed by atoms with Crippen LogP contribution in [0, 0.1) is 0 Å². The Kier molecular flexibility index (Phi) is 9.80. The van der Waals surface area contributed by atoms with Crippen molar-refractivity contribution < 1.29 is 23.8 Å². The van der Waals surface area contributed by atoms with Gasteiger partial charge in [0.15, 0.2) is 11.5 Å². The number of methoxy groups -OCH3 is 2. The number of rotatable bonds is 11. The number of nitrogens with zero attached hydrogens (tertiary/aromatic N) is 1. The molecule has 8 heteroatoms. The smallest absolute Gasteiger partial charge is 0.311 e. The number of fused-ring (bicyclic) bond motifs is 1. The molecule has 0 aliphatic carbocycles. The van der Waals surface area contributed by atoms with Crippen LogP contribution in [0.5, 0.6) is 17.2 Å². The molecule has 0 bridgehead atoms. The Hall–Kier alpha value is -4.04. The van der Waals surface area contributed by atoms with Crippen LogP contribution in [-0.2, 0) is 9.59 Å². The third-order valence-corrected chi connectivity index (χ3v) is 7.01. The second-order valence-corrected chi connectivity index (χ2v) is 9.50. The van der Waals surface area contributed by atoms with E-state index in [1.165, 1.54) is 36.8 Å². The summed E-state index contributed by atoms with van der Waals surface area (Å²) in [5, 5.41) is 4.29. The highest BCUT2D eigenvalue weighted by Crippen LogP contribution is 2.39. The number of para-hydroxylation sites is 1. The number of amides is 1. The molecule has 2 aromatic carbocycles. The van der Waals surface area contributed by atoms with Crippen LogP contribution < -0.4 is 19.5 Å². The molecule has 0 radical (unpaired) electrons. The monoisotopic (exact) mass is 531 g/mol. The van der Waals surface area contributed by atoms with Crippen molar-refractivity contribution in [2.45, 2.75) is 32.1 Å². The quantitative estimate of drug-likeness (QED) is 0.155. The van der Waals surface area contributed by atoms with E-state index < -0.39 is 0 Å². The second-order valence-electron chi connectivity index (χ2n) is 9.50. The summed E-state index contributed by atoms with van der Waals surface area (Å²) in [5.41, 5.74) is 3.40. The number of ether oxygens (including phenoxy) is 3. The van der Waals surface area contributed by atoms with Crippen LogP contribution in [0.25, 0.3) is 17.0 Å². The molecule has 8 nitrogen and oxygen atoms in total. The summed E-state index contributed by atoms with van der Waals surface area (Å²) in [5.74, 6) is 1.10. The number of H-pyrrole nitrogens is 1. The largest absolute Gasteiger partial charge is 0.493 e. The number of allylic oxidation sites excluding steroid dienone is 2. The first-order chi connectivity index (χ1) is 19.0. The van der Waals surface area contributed by atoms with Crippen molar-refractivity contribution in [1.29, 1.82) is 0 Å². The van der Waals surface area contributed by atoms with E-state index in [0.717, 1.165) is 38.0 Å². The molecule has 0 unspecified atom stereocenters. The van der Waals surface area contributed by atoms with Gasteiger partial charge in [-0.25, -0.2) is 0 Å². The maximum Gasteiger partial charge on any atom is 0.311 e. The number of piperidine rings is 1. The van der Waals surface area contributed by atoms with E-state index in [9.17, 15) is 9.59 Å². The Morgan fingerprint density at radius 3 is 2.49 bits per heavy atom. The van der Waals surface area contributed by atoms with Gasteiger partial charge in [0.05, 0.1) is 14.2 Å². The zero-order valence-electron chi connectivity index (χ0n) is 22.9. The first kappa shape index (κ1) is 28.0. The fraction of sp³-hybridized carbons (Fsp3) is 0.355. The van der Waals surface area contributed by atoms with Gasteiger partial charge in [-0.2, -0.15) is 0 Å². The molecule has 3 aromatic rings. The van der Waals surface area contributed by atoms with Gasteiger partial charge in [-0.1, -0.05) is 43.4 Å². The van der Waals surface area contributed by atoms with E-state index in [1.54, 1.807) is 31.2 Å². The first-order valence-electron chi connectivity index (χ1n) is 13.4. The average molecular weight is 532 g/mol. The fourth-order valence-corrected chi connectivity index (χ4v) is 4.89. The second kappa shape index (κ2) is 13.7. The summed E-state index contributed by atoms with van der Waals surface area (Å²) in [7, 11) is 3.00. The molecule has 0 atom stereocenters. The number of hydrogen-bond acceptors (Lipinski definition) is 6. The predicted octanol–water partition coefficient (Wildman–Crippen LogP) is 5.07. The van der Waals surface area contributed by atoms with Gasteiger partial charge in [0.25, 0.3) is 0 Å². The number of benzene rings is 2. The van der Waals surface area contributed by atoms with Crippen molar-refractivity contribution in [3.63, 3.8) is 0 Å². The minimum atomic E-state index is -0.376. The number of likely N-dealkylation sites (tertiary alicyclic amines) is 1. The van der Waals surface area contributed by atoms with Crippen molar-refractivity contribution >= 4 is 28.9 Å². The zero-order chi connectivity index (χ0) is 27.6. The average Bonchev–Trinajstić information content (AvgIpc) is 3.40. The summed E-state index contributed by atoms with van der Waals surface area (Å²) in [4.78, 5) is 29.8. The van der Waals surface area contributed by atoms with Crippen LogP contribution >= 0.6 is 0 Å². The molecule has 1 aliphatic rings. The lowest BCUT2D eigenvalue weighted by Crippen LogP contribution is -2.38. The van der Waals surface area contributed by atoms with Crippen molar-refractivity contribution in [3.8, 4) is 17.2 Å². The minimum absolute atomic E-state index is 0.134. The Bertz CT molecular complexity index is 1310. The van der Waals surface area contributed by atoms with Gasteiger partial charge in [-0.05, 0) is 61.2 Å². The van der Waals surface area contributed by atoms with Crippen LogP contribution in [0.2, 0.25) is 0 Å². The van der Waals surface area contributed by atoms with Crippen molar-refractivity contribution in [1.82, 2.24) is 15.2 Å². The zero-order valence-corrected chi connectivity index (χ0v) is 22.9. The predicted molar refractivity (Wildman–Crippen MR) is 153 cm³/mol. The van der Waals surface area contributed by atoms with E-state index in [4.69, 9.17) is 14.2 Å². The topological polar surface area (TPSA) is 92.9 Å². The highest BCUT2D eigenvalue weighted by molar-refractivity contribution is 5.88. The third kappa shape index (κ3) is 7.29. The Balaban J connectivity index is 1.21. The molecule has 1 amide bonds. The molecular formula is C31H37N3O5. The molecule has 0 spiro atoms. The Labute approximate surface area is 229 Å². The molecule has 1 saturated heterocycles. The molecule has 1 fully saturated rings. The van der Waals surface area contributed by atoms with Crippen LogP contribution in [-0.4, -0.2) is 62.2 Å². The van der Waals surface area contributed by atoms with Gasteiger partial charge in [0, 0.05) is 42.7 Å². The van der Waals surface area contributed by atoms with Crippen molar-refractivity contribution in [2.75, 3.05) is 40.4 Å². The molecule has 2 heterocycles. The summed E-state index contributed by atoms with van der Waals surface area (Å²) >= 11 is 0. The lowest BCUT2D eigenvalue weighted by Gasteiger charge is -2.31. The molecule has 206 valence electrons. The molecule has 0 saturated carbocycles. The van der Waals surface area contributed by atoms with Crippen molar-refractivity contribution in [3.05, 3.63) is 72.0 Å². The summed E-state index contributed by atoms with van der Waals surface area (Å²) in [6.45, 7) is 5.22. The van der Waals surface area contributed by atoms with Gasteiger partial charge in [-0.15, -0.1) is 0 Å². The van der Waals surface area contributed by atoms with E-state index in [2.05, 4.69) is 45.7 Å². The molecule has 1 aliphatic heterocycles. The summed E-state index contributed by atoms with van der Waals surface area (Å²) in [6.07, 6.45) is 11.4. The first-order valence-corrected chi connectivity index (χ1v) is 13.4. The lowest BCUT2D eigenvalue weighted by atomic mass is 9.89. The fourth-order valence-electron chi connectivity index (χ4n) is 4.89. The third-order valence-electron chi connectivity index (χ3n) is 7.01. The molecule has 2 N–H and O–H groups in total. The van der Waals surface area contributed by atoms with Crippen LogP contribution in [0.1, 0.15) is 43.2 Å². The van der Waals surface area contributed by atoms with Gasteiger partial charge in [0.2, 0.25) is 11.7 Å². The number of nitrogens with one attached hydrogen (secondary N) is 2. The number of carbonyl (C=O) groups excluding carboxylic acids is 2. The number of aromatic amines is 1. The SMILES string of the molecule is CCC(=O)Oc1c(OC)cc(C=CC=CC(=O)NCCN2CCC(c3c[nH]c4ccccc34)CC2)cc1OC. The van der Waals surface area contributed by atoms with Gasteiger partial charge in [0.1, 0.15) is 0 Å². The van der Waals surface area contributed by atoms with Gasteiger partial charge in [-0.3, -0.25) is 9.59 Å². The van der Waals surface area contributed by atoms with E-state index in [1.807, 2.05) is 6.08 Å². The van der Waals surface area contributed by atoms with Crippen LogP contribution in [0.3, 0.4) is 0 Å². The highest BCUT2D eigenvalue weighted by atomic mass is 16.6. The molecule has 39 heavy (non-hydrogen) atoms. The van der Waals surface area contributed by atoms with Gasteiger partial charge >= 0.3 is 5.97 Å². The van der Waals surface area contributed by atoms with E-state index in [0.29, 0.717) is 24.0 Å². The van der Waals surface area contributed by atoms with E-state index >= 15 is 0 Å². The standard InChI is InChI=1S/C31H37N3O5/c1-4-30(36)39-31-27(37-2)19-22(20-28(31)38-3)9-5-8-12-29(35)32-15-18-34-16-13-23(14-17-34)25-21-33-26-11-7-6-10-24(25)26/h5-12,19-21,23,33H,4,13-18H2,1-3H3,(H,32,35). The number of carbonyl (C=O) groups is 2. The van der Waals surface area contributed by atoms with Gasteiger partial charge < -0.3 is 29.4 Å². The highest BCUT2D eigenvalue weighted by Gasteiger charge is 2.22. The van der Waals surface area contributed by atoms with Crippen molar-refractivity contribution in [2.24, 2.45) is 0 Å². The summed E-state index contributed by atoms with van der Waals surface area (Å²) < 4.78 is 16.1. The Morgan fingerprint density at radius 1 is 1.08 bits per heavy atom. The minimum Gasteiger partial charge on any atom is -0.493 e. The van der Waals surface area contributed by atoms with Crippen LogP contribution in [0.4, 0.5) is 0 Å². The Morgan fingerprint density at radius 2 is 1.79 bits per heavy atom. The number of esters is 1. The lowest BCUT2D eigenvalue weighted by molar-refractivity contribution is -0.134. The maximum absolute atomic E-state index is 12.3. The van der Waals surface area contributed by atoms with E-state index in [-0.39, 0.29) is 24.0 Å². The number of aromatic nitrogens is 1. The normalized spacial score (nSPS) is 14.7.